The highest BCUT2D eigenvalue weighted by Crippen LogP contribution is 2.29. The van der Waals surface area contributed by atoms with Crippen LogP contribution in [0.15, 0.2) is 15.4 Å². The van der Waals surface area contributed by atoms with E-state index in [1.54, 1.807) is 13.2 Å². The van der Waals surface area contributed by atoms with E-state index in [1.165, 1.54) is 23.1 Å². The molecule has 2 N–H and O–H groups in total. The Morgan fingerprint density at radius 2 is 2.24 bits per heavy atom. The number of hydrogen-bond acceptors (Lipinski definition) is 8. The molecule has 0 amide bonds. The summed E-state index contributed by atoms with van der Waals surface area (Å²) in [6, 6.07) is 1.71. The highest BCUT2D eigenvalue weighted by Gasteiger charge is 2.07. The number of ether oxygens (including phenoxy) is 1. The van der Waals surface area contributed by atoms with Gasteiger partial charge >= 0.3 is 0 Å². The van der Waals surface area contributed by atoms with E-state index in [9.17, 15) is 0 Å². The number of anilines is 1. The normalized spacial score (nSPS) is 10.7. The van der Waals surface area contributed by atoms with Crippen molar-refractivity contribution in [3.8, 4) is 0 Å². The van der Waals surface area contributed by atoms with Crippen LogP contribution in [-0.2, 0) is 11.3 Å². The molecule has 8 heteroatoms. The van der Waals surface area contributed by atoms with Crippen LogP contribution in [0.5, 0.6) is 0 Å². The average molecular weight is 269 g/mol. The molecular weight excluding hydrogens is 258 g/mol. The zero-order chi connectivity index (χ0) is 12.3. The van der Waals surface area contributed by atoms with E-state index in [0.717, 1.165) is 14.4 Å². The molecular formula is C9H11N5OS2. The van der Waals surface area contributed by atoms with Crippen molar-refractivity contribution in [3.63, 3.8) is 0 Å². The Kier molecular flexibility index (Phi) is 3.87. The lowest BCUT2D eigenvalue weighted by Crippen LogP contribution is -2.01. The summed E-state index contributed by atoms with van der Waals surface area (Å²) in [5.41, 5.74) is 5.70. The summed E-state index contributed by atoms with van der Waals surface area (Å²) < 4.78 is 5.81. The topological polar surface area (TPSA) is 86.8 Å². The van der Waals surface area contributed by atoms with Crippen molar-refractivity contribution in [1.29, 1.82) is 0 Å². The molecule has 0 atom stereocenters. The molecule has 0 bridgehead atoms. The number of nitrogens with zero attached hydrogens (tertiary/aromatic N) is 4. The summed E-state index contributed by atoms with van der Waals surface area (Å²) in [6.45, 7) is 2.25. The van der Waals surface area contributed by atoms with Gasteiger partial charge in [0, 0.05) is 13.2 Å². The SMILES string of the molecule is COCc1nc(N)cc(Sc2nnc(C)s2)n1. The molecule has 2 aromatic rings. The Morgan fingerprint density at radius 1 is 1.41 bits per heavy atom. The van der Waals surface area contributed by atoms with Crippen LogP contribution in [0.4, 0.5) is 5.82 Å². The first-order chi connectivity index (χ1) is 8.17. The highest BCUT2D eigenvalue weighted by atomic mass is 32.2. The number of nitrogen functional groups attached to an aromatic ring is 1. The fraction of sp³-hybridized carbons (Fsp3) is 0.333. The number of aromatic nitrogens is 4. The molecule has 17 heavy (non-hydrogen) atoms. The minimum absolute atomic E-state index is 0.341. The van der Waals surface area contributed by atoms with Gasteiger partial charge in [-0.05, 0) is 18.7 Å². The predicted octanol–water partition coefficient (Wildman–Crippen LogP) is 1.52. The fourth-order valence-electron chi connectivity index (χ4n) is 1.15. The number of nitrogens with two attached hydrogens (primary N) is 1. The zero-order valence-corrected chi connectivity index (χ0v) is 11.0. The Labute approximate surface area is 107 Å². The van der Waals surface area contributed by atoms with Crippen molar-refractivity contribution < 1.29 is 4.74 Å². The van der Waals surface area contributed by atoms with Gasteiger partial charge in [0.05, 0.1) is 0 Å². The molecule has 0 aliphatic rings. The van der Waals surface area contributed by atoms with E-state index in [0.29, 0.717) is 18.2 Å². The standard InChI is InChI=1S/C9H11N5OS2/c1-5-13-14-9(16-5)17-8-3-6(10)11-7(12-8)4-15-2/h3H,4H2,1-2H3,(H2,10,11,12). The number of methoxy groups -OCH3 is 1. The Morgan fingerprint density at radius 3 is 2.88 bits per heavy atom. The molecule has 0 saturated heterocycles. The molecule has 2 aromatic heterocycles. The molecule has 0 aliphatic carbocycles. The zero-order valence-electron chi connectivity index (χ0n) is 9.38. The molecule has 0 radical (unpaired) electrons. The maximum absolute atomic E-state index is 5.70. The maximum Gasteiger partial charge on any atom is 0.180 e. The molecule has 0 saturated carbocycles. The second-order valence-corrected chi connectivity index (χ2v) is 5.62. The largest absolute Gasteiger partial charge is 0.384 e. The van der Waals surface area contributed by atoms with Gasteiger partial charge in [0.2, 0.25) is 0 Å². The van der Waals surface area contributed by atoms with Gasteiger partial charge in [-0.3, -0.25) is 0 Å². The van der Waals surface area contributed by atoms with Crippen molar-refractivity contribution in [3.05, 3.63) is 16.9 Å². The third-order valence-electron chi connectivity index (χ3n) is 1.74. The van der Waals surface area contributed by atoms with E-state index < -0.39 is 0 Å². The average Bonchev–Trinajstić information content (AvgIpc) is 2.63. The molecule has 0 spiro atoms. The quantitative estimate of drug-likeness (QED) is 0.842. The van der Waals surface area contributed by atoms with E-state index in [4.69, 9.17) is 10.5 Å². The number of hydrogen-bond donors (Lipinski definition) is 1. The van der Waals surface area contributed by atoms with Crippen molar-refractivity contribution in [2.75, 3.05) is 12.8 Å². The first-order valence-electron chi connectivity index (χ1n) is 4.77. The molecule has 2 rings (SSSR count). The highest BCUT2D eigenvalue weighted by molar-refractivity contribution is 8.01. The van der Waals surface area contributed by atoms with Crippen LogP contribution >= 0.6 is 23.1 Å². The summed E-state index contributed by atoms with van der Waals surface area (Å²) >= 11 is 2.94. The fourth-order valence-corrected chi connectivity index (χ4v) is 2.94. The first kappa shape index (κ1) is 12.2. The van der Waals surface area contributed by atoms with Gasteiger partial charge in [-0.1, -0.05) is 11.3 Å². The molecule has 0 unspecified atom stereocenters. The van der Waals surface area contributed by atoms with Crippen LogP contribution in [0.1, 0.15) is 10.8 Å². The second kappa shape index (κ2) is 5.39. The second-order valence-electron chi connectivity index (χ2n) is 3.17. The van der Waals surface area contributed by atoms with E-state index in [-0.39, 0.29) is 0 Å². The molecule has 6 nitrogen and oxygen atoms in total. The minimum Gasteiger partial charge on any atom is -0.384 e. The summed E-state index contributed by atoms with van der Waals surface area (Å²) in [6.07, 6.45) is 0. The lowest BCUT2D eigenvalue weighted by atomic mass is 10.5. The minimum atomic E-state index is 0.341. The van der Waals surface area contributed by atoms with Crippen molar-refractivity contribution >= 4 is 28.9 Å². The van der Waals surface area contributed by atoms with E-state index >= 15 is 0 Å². The van der Waals surface area contributed by atoms with Crippen LogP contribution in [0.3, 0.4) is 0 Å². The van der Waals surface area contributed by atoms with Crippen LogP contribution in [0, 0.1) is 6.92 Å². The Balaban J connectivity index is 2.20. The Hall–Kier alpha value is -1.25. The van der Waals surface area contributed by atoms with Crippen molar-refractivity contribution in [2.45, 2.75) is 22.9 Å². The van der Waals surface area contributed by atoms with Gasteiger partial charge in [0.1, 0.15) is 22.5 Å². The molecule has 0 aromatic carbocycles. The molecule has 0 fully saturated rings. The van der Waals surface area contributed by atoms with Gasteiger partial charge in [0.25, 0.3) is 0 Å². The van der Waals surface area contributed by atoms with Crippen molar-refractivity contribution in [1.82, 2.24) is 20.2 Å². The van der Waals surface area contributed by atoms with Crippen LogP contribution < -0.4 is 5.73 Å². The molecule has 90 valence electrons. The van der Waals surface area contributed by atoms with Gasteiger partial charge in [-0.25, -0.2) is 9.97 Å². The summed E-state index contributed by atoms with van der Waals surface area (Å²) in [4.78, 5) is 8.38. The van der Waals surface area contributed by atoms with E-state index in [2.05, 4.69) is 20.2 Å². The summed E-state index contributed by atoms with van der Waals surface area (Å²) in [5.74, 6) is 0.993. The lowest BCUT2D eigenvalue weighted by molar-refractivity contribution is 0.177. The third kappa shape index (κ3) is 3.35. The van der Waals surface area contributed by atoms with Crippen LogP contribution in [0.2, 0.25) is 0 Å². The first-order valence-corrected chi connectivity index (χ1v) is 6.41. The molecule has 2 heterocycles. The molecule has 0 aliphatic heterocycles. The van der Waals surface area contributed by atoms with E-state index in [1.807, 2.05) is 6.92 Å². The van der Waals surface area contributed by atoms with Gasteiger partial charge in [-0.2, -0.15) is 0 Å². The summed E-state index contributed by atoms with van der Waals surface area (Å²) in [5, 5.41) is 9.63. The third-order valence-corrected chi connectivity index (χ3v) is 3.55. The van der Waals surface area contributed by atoms with Gasteiger partial charge in [0.15, 0.2) is 10.2 Å². The van der Waals surface area contributed by atoms with Crippen molar-refractivity contribution in [2.24, 2.45) is 0 Å². The van der Waals surface area contributed by atoms with Gasteiger partial charge < -0.3 is 10.5 Å². The number of aryl methyl sites for hydroxylation is 1. The number of rotatable bonds is 4. The monoisotopic (exact) mass is 269 g/mol. The van der Waals surface area contributed by atoms with Crippen LogP contribution in [0.25, 0.3) is 0 Å². The maximum atomic E-state index is 5.70. The summed E-state index contributed by atoms with van der Waals surface area (Å²) in [7, 11) is 1.59. The van der Waals surface area contributed by atoms with Gasteiger partial charge in [-0.15, -0.1) is 10.2 Å². The lowest BCUT2D eigenvalue weighted by Gasteiger charge is -2.02. The smallest absolute Gasteiger partial charge is 0.180 e. The Bertz CT molecular complexity index is 516. The van der Waals surface area contributed by atoms with Crippen LogP contribution in [-0.4, -0.2) is 27.3 Å². The predicted molar refractivity (Wildman–Crippen MR) is 65.9 cm³/mol.